The van der Waals surface area contributed by atoms with Crippen LogP contribution in [0.15, 0.2) is 66.7 Å². The molecule has 2 unspecified atom stereocenters. The van der Waals surface area contributed by atoms with Gasteiger partial charge in [0.1, 0.15) is 0 Å². The molecule has 0 fully saturated rings. The molecule has 1 aliphatic heterocycles. The van der Waals surface area contributed by atoms with Crippen LogP contribution >= 0.6 is 0 Å². The van der Waals surface area contributed by atoms with E-state index in [2.05, 4.69) is 0 Å². The molecule has 3 aromatic carbocycles. The Balaban J connectivity index is 1.86. The van der Waals surface area contributed by atoms with E-state index in [-0.39, 0.29) is 5.91 Å². The van der Waals surface area contributed by atoms with Crippen molar-refractivity contribution in [1.82, 2.24) is 4.90 Å². The number of methoxy groups -OCH3 is 2. The Morgan fingerprint density at radius 3 is 2.31 bits per heavy atom. The van der Waals surface area contributed by atoms with E-state index in [1.165, 1.54) is 13.2 Å². The fourth-order valence-electron chi connectivity index (χ4n) is 4.87. The lowest BCUT2D eigenvalue weighted by molar-refractivity contribution is -0.137. The molecule has 0 aliphatic carbocycles. The van der Waals surface area contributed by atoms with E-state index >= 15 is 0 Å². The van der Waals surface area contributed by atoms with Crippen LogP contribution in [0.2, 0.25) is 0 Å². The predicted molar refractivity (Wildman–Crippen MR) is 128 cm³/mol. The summed E-state index contributed by atoms with van der Waals surface area (Å²) in [5, 5.41) is 0. The smallest absolute Gasteiger partial charge is 0.416 e. The molecule has 0 spiro atoms. The quantitative estimate of drug-likeness (QED) is 0.408. The summed E-state index contributed by atoms with van der Waals surface area (Å²) in [4.78, 5) is 15.6. The summed E-state index contributed by atoms with van der Waals surface area (Å²) in [5.74, 6) is 0.505. The molecule has 1 heterocycles. The molecule has 0 saturated carbocycles. The molecule has 1 amide bonds. The van der Waals surface area contributed by atoms with E-state index in [1.54, 1.807) is 24.1 Å². The number of hydrogen-bond donors (Lipinski definition) is 0. The van der Waals surface area contributed by atoms with E-state index in [1.807, 2.05) is 43.3 Å². The molecule has 0 saturated heterocycles. The number of halogens is 3. The van der Waals surface area contributed by atoms with Gasteiger partial charge < -0.3 is 14.4 Å². The molecule has 7 heteroatoms. The van der Waals surface area contributed by atoms with Crippen LogP contribution in [-0.4, -0.2) is 31.6 Å². The molecule has 4 rings (SSSR count). The zero-order valence-electron chi connectivity index (χ0n) is 19.9. The van der Waals surface area contributed by atoms with Crippen LogP contribution in [0.3, 0.4) is 0 Å². The van der Waals surface area contributed by atoms with E-state index in [4.69, 9.17) is 9.47 Å². The lowest BCUT2D eigenvalue weighted by Crippen LogP contribution is -2.43. The number of amides is 1. The van der Waals surface area contributed by atoms with Gasteiger partial charge in [0.2, 0.25) is 5.91 Å². The Bertz CT molecular complexity index is 1190. The molecular weight excluding hydrogens is 455 g/mol. The van der Waals surface area contributed by atoms with Gasteiger partial charge in [0.25, 0.3) is 0 Å². The SMILES string of the molecule is CCC(C(=O)N1CCc2cc(OC)c(OC)cc2C1c1cccc(C(F)(F)F)c1)c1ccccc1. The van der Waals surface area contributed by atoms with E-state index in [0.717, 1.165) is 28.8 Å². The number of nitrogens with zero attached hydrogens (tertiary/aromatic N) is 1. The van der Waals surface area contributed by atoms with Gasteiger partial charge in [0, 0.05) is 6.54 Å². The second-order valence-electron chi connectivity index (χ2n) is 8.58. The van der Waals surface area contributed by atoms with Gasteiger partial charge in [0.05, 0.1) is 31.7 Å². The van der Waals surface area contributed by atoms with Gasteiger partial charge in [-0.3, -0.25) is 4.79 Å². The van der Waals surface area contributed by atoms with Crippen molar-refractivity contribution in [2.24, 2.45) is 0 Å². The van der Waals surface area contributed by atoms with Crippen LogP contribution in [-0.2, 0) is 17.4 Å². The van der Waals surface area contributed by atoms with Crippen molar-refractivity contribution in [1.29, 1.82) is 0 Å². The van der Waals surface area contributed by atoms with Crippen molar-refractivity contribution in [2.45, 2.75) is 37.9 Å². The summed E-state index contributed by atoms with van der Waals surface area (Å²) in [5.41, 5.74) is 2.21. The van der Waals surface area contributed by atoms with Crippen molar-refractivity contribution < 1.29 is 27.4 Å². The first-order chi connectivity index (χ1) is 16.8. The van der Waals surface area contributed by atoms with Crippen molar-refractivity contribution in [2.75, 3.05) is 20.8 Å². The highest BCUT2D eigenvalue weighted by molar-refractivity contribution is 5.85. The number of alkyl halides is 3. The van der Waals surface area contributed by atoms with E-state index in [9.17, 15) is 18.0 Å². The molecule has 0 aromatic heterocycles. The van der Waals surface area contributed by atoms with Crippen LogP contribution in [0.4, 0.5) is 13.2 Å². The zero-order chi connectivity index (χ0) is 25.2. The van der Waals surface area contributed by atoms with Gasteiger partial charge in [-0.05, 0) is 59.4 Å². The first-order valence-corrected chi connectivity index (χ1v) is 11.6. The summed E-state index contributed by atoms with van der Waals surface area (Å²) in [7, 11) is 3.05. The minimum atomic E-state index is -4.49. The normalized spacial score (nSPS) is 16.4. The van der Waals surface area contributed by atoms with Crippen molar-refractivity contribution in [3.63, 3.8) is 0 Å². The molecule has 2 atom stereocenters. The van der Waals surface area contributed by atoms with E-state index < -0.39 is 23.7 Å². The Morgan fingerprint density at radius 2 is 1.69 bits per heavy atom. The largest absolute Gasteiger partial charge is 0.493 e. The average Bonchev–Trinajstić information content (AvgIpc) is 2.87. The van der Waals surface area contributed by atoms with Crippen LogP contribution in [0.25, 0.3) is 0 Å². The minimum absolute atomic E-state index is 0.110. The molecule has 0 radical (unpaired) electrons. The van der Waals surface area contributed by atoms with E-state index in [0.29, 0.717) is 36.4 Å². The Kier molecular flexibility index (Phi) is 7.05. The van der Waals surface area contributed by atoms with Gasteiger partial charge in [-0.15, -0.1) is 0 Å². The number of rotatable bonds is 6. The molecule has 184 valence electrons. The molecular formula is C28H28F3NO3. The Labute approximate surface area is 203 Å². The zero-order valence-corrected chi connectivity index (χ0v) is 19.9. The maximum atomic E-state index is 13.9. The maximum Gasteiger partial charge on any atom is 0.416 e. The molecule has 0 bridgehead atoms. The first kappa shape index (κ1) is 24.6. The van der Waals surface area contributed by atoms with Gasteiger partial charge in [-0.25, -0.2) is 0 Å². The summed E-state index contributed by atoms with van der Waals surface area (Å²) in [6, 6.07) is 17.7. The van der Waals surface area contributed by atoms with Crippen molar-refractivity contribution in [3.8, 4) is 11.5 Å². The van der Waals surface area contributed by atoms with Gasteiger partial charge >= 0.3 is 6.18 Å². The number of benzene rings is 3. The number of carbonyl (C=O) groups is 1. The fourth-order valence-corrected chi connectivity index (χ4v) is 4.87. The lowest BCUT2D eigenvalue weighted by atomic mass is 9.85. The third kappa shape index (κ3) is 4.85. The summed E-state index contributed by atoms with van der Waals surface area (Å²) in [6.07, 6.45) is -3.36. The highest BCUT2D eigenvalue weighted by Crippen LogP contribution is 2.43. The predicted octanol–water partition coefficient (Wildman–Crippen LogP) is 6.39. The molecule has 1 aliphatic rings. The second-order valence-corrected chi connectivity index (χ2v) is 8.58. The monoisotopic (exact) mass is 483 g/mol. The van der Waals surface area contributed by atoms with Gasteiger partial charge in [-0.1, -0.05) is 49.4 Å². The second kappa shape index (κ2) is 10.0. The summed E-state index contributed by atoms with van der Waals surface area (Å²) < 4.78 is 51.7. The molecule has 35 heavy (non-hydrogen) atoms. The lowest BCUT2D eigenvalue weighted by Gasteiger charge is -2.40. The molecule has 0 N–H and O–H groups in total. The van der Waals surface area contributed by atoms with Crippen LogP contribution in [0, 0.1) is 0 Å². The third-order valence-corrected chi connectivity index (χ3v) is 6.59. The number of carbonyl (C=O) groups excluding carboxylic acids is 1. The summed E-state index contributed by atoms with van der Waals surface area (Å²) >= 11 is 0. The fraction of sp³-hybridized carbons (Fsp3) is 0.321. The minimum Gasteiger partial charge on any atom is -0.493 e. The Morgan fingerprint density at radius 1 is 1.00 bits per heavy atom. The van der Waals surface area contributed by atoms with Crippen LogP contribution in [0.1, 0.15) is 53.1 Å². The molecule has 4 nitrogen and oxygen atoms in total. The number of ether oxygens (including phenoxy) is 2. The highest BCUT2D eigenvalue weighted by atomic mass is 19.4. The van der Waals surface area contributed by atoms with Crippen molar-refractivity contribution >= 4 is 5.91 Å². The maximum absolute atomic E-state index is 13.9. The third-order valence-electron chi connectivity index (χ3n) is 6.59. The molecule has 3 aromatic rings. The average molecular weight is 484 g/mol. The number of hydrogen-bond acceptors (Lipinski definition) is 3. The first-order valence-electron chi connectivity index (χ1n) is 11.6. The van der Waals surface area contributed by atoms with Gasteiger partial charge in [-0.2, -0.15) is 13.2 Å². The standard InChI is InChI=1S/C28H28F3NO3/c1-4-22(18-9-6-5-7-10-18)27(33)32-14-13-19-16-24(34-2)25(35-3)17-23(19)26(32)20-11-8-12-21(15-20)28(29,30)31/h5-12,15-17,22,26H,4,13-14H2,1-3H3. The van der Waals surface area contributed by atoms with Crippen molar-refractivity contribution in [3.05, 3.63) is 94.5 Å². The van der Waals surface area contributed by atoms with Gasteiger partial charge in [0.15, 0.2) is 11.5 Å². The van der Waals surface area contributed by atoms with Crippen LogP contribution in [0.5, 0.6) is 11.5 Å². The Hall–Kier alpha value is -3.48. The topological polar surface area (TPSA) is 38.8 Å². The highest BCUT2D eigenvalue weighted by Gasteiger charge is 2.38. The summed E-state index contributed by atoms with van der Waals surface area (Å²) in [6.45, 7) is 2.33. The van der Waals surface area contributed by atoms with Crippen LogP contribution < -0.4 is 9.47 Å². The number of fused-ring (bicyclic) bond motifs is 1.